The topological polar surface area (TPSA) is 58.2 Å². The van der Waals surface area contributed by atoms with Gasteiger partial charge in [0, 0.05) is 23.4 Å². The molecule has 2 amide bonds. The number of nitrogens with one attached hydrogen (secondary N) is 2. The summed E-state index contributed by atoms with van der Waals surface area (Å²) in [4.78, 5) is 23.6. The van der Waals surface area contributed by atoms with Crippen molar-refractivity contribution >= 4 is 23.2 Å². The molecule has 1 atom stereocenters. The van der Waals surface area contributed by atoms with Gasteiger partial charge >= 0.3 is 0 Å². The molecule has 2 aromatic carbocycles. The Bertz CT molecular complexity index is 691. The molecule has 0 fully saturated rings. The Hall–Kier alpha value is -2.62. The predicted octanol–water partition coefficient (Wildman–Crippen LogP) is 4.80. The van der Waals surface area contributed by atoms with Crippen molar-refractivity contribution in [1.82, 2.24) is 0 Å². The summed E-state index contributed by atoms with van der Waals surface area (Å²) in [5.41, 5.74) is 3.29. The first kappa shape index (κ1) is 17.7. The molecule has 0 aliphatic rings. The van der Waals surface area contributed by atoms with Crippen molar-refractivity contribution < 1.29 is 9.59 Å². The Morgan fingerprint density at radius 2 is 1.42 bits per heavy atom. The van der Waals surface area contributed by atoms with Crippen molar-refractivity contribution in [3.8, 4) is 0 Å². The summed E-state index contributed by atoms with van der Waals surface area (Å²) in [6.45, 7) is 6.14. The Morgan fingerprint density at radius 3 is 1.96 bits per heavy atom. The lowest BCUT2D eigenvalue weighted by Gasteiger charge is -2.11. The van der Waals surface area contributed by atoms with E-state index >= 15 is 0 Å². The van der Waals surface area contributed by atoms with Gasteiger partial charge in [-0.15, -0.1) is 0 Å². The highest BCUT2D eigenvalue weighted by Gasteiger charge is 2.08. The molecule has 0 heterocycles. The quantitative estimate of drug-likeness (QED) is 0.802. The summed E-state index contributed by atoms with van der Waals surface area (Å²) >= 11 is 0. The van der Waals surface area contributed by atoms with Crippen LogP contribution >= 0.6 is 0 Å². The van der Waals surface area contributed by atoms with Gasteiger partial charge in [0.2, 0.25) is 5.91 Å². The highest BCUT2D eigenvalue weighted by atomic mass is 16.2. The smallest absolute Gasteiger partial charge is 0.255 e. The summed E-state index contributed by atoms with van der Waals surface area (Å²) < 4.78 is 0. The SMILES string of the molecule is CCC(=O)Nc1ccc(C(=O)Nc2ccc([C@@H](C)CC)cc2)cc1. The molecule has 2 rings (SSSR count). The highest BCUT2D eigenvalue weighted by Crippen LogP contribution is 2.21. The maximum atomic E-state index is 12.3. The average Bonchev–Trinajstić information content (AvgIpc) is 2.62. The Kier molecular flexibility index (Phi) is 6.13. The third kappa shape index (κ3) is 4.69. The maximum absolute atomic E-state index is 12.3. The lowest BCUT2D eigenvalue weighted by Crippen LogP contribution is -2.13. The fraction of sp³-hybridized carbons (Fsp3) is 0.300. The average molecular weight is 324 g/mol. The van der Waals surface area contributed by atoms with Crippen LogP contribution in [0.1, 0.15) is 55.5 Å². The van der Waals surface area contributed by atoms with Gasteiger partial charge in [0.05, 0.1) is 0 Å². The normalized spacial score (nSPS) is 11.6. The molecule has 0 spiro atoms. The van der Waals surface area contributed by atoms with E-state index in [1.54, 1.807) is 31.2 Å². The van der Waals surface area contributed by atoms with Crippen LogP contribution in [0.15, 0.2) is 48.5 Å². The molecule has 0 unspecified atom stereocenters. The number of carbonyl (C=O) groups excluding carboxylic acids is 2. The number of amides is 2. The van der Waals surface area contributed by atoms with Crippen LogP contribution in [0.2, 0.25) is 0 Å². The van der Waals surface area contributed by atoms with Crippen LogP contribution < -0.4 is 10.6 Å². The first-order valence-corrected chi connectivity index (χ1v) is 8.34. The first-order valence-electron chi connectivity index (χ1n) is 8.34. The molecule has 4 nitrogen and oxygen atoms in total. The third-order valence-electron chi connectivity index (χ3n) is 4.10. The highest BCUT2D eigenvalue weighted by molar-refractivity contribution is 6.04. The van der Waals surface area contributed by atoms with Crippen molar-refractivity contribution in [1.29, 1.82) is 0 Å². The van der Waals surface area contributed by atoms with Crippen LogP contribution in [0.25, 0.3) is 0 Å². The Labute approximate surface area is 143 Å². The predicted molar refractivity (Wildman–Crippen MR) is 98.5 cm³/mol. The number of hydrogen-bond donors (Lipinski definition) is 2. The van der Waals surface area contributed by atoms with E-state index in [4.69, 9.17) is 0 Å². The molecular formula is C20H24N2O2. The zero-order valence-corrected chi connectivity index (χ0v) is 14.4. The van der Waals surface area contributed by atoms with Crippen molar-refractivity contribution in [3.05, 3.63) is 59.7 Å². The van der Waals surface area contributed by atoms with E-state index in [9.17, 15) is 9.59 Å². The minimum absolute atomic E-state index is 0.0476. The van der Waals surface area contributed by atoms with Crippen LogP contribution in [-0.2, 0) is 4.79 Å². The van der Waals surface area contributed by atoms with E-state index in [2.05, 4.69) is 24.5 Å². The molecule has 0 saturated carbocycles. The first-order chi connectivity index (χ1) is 11.5. The molecule has 0 radical (unpaired) electrons. The lowest BCUT2D eigenvalue weighted by atomic mass is 9.98. The van der Waals surface area contributed by atoms with E-state index in [1.807, 2.05) is 24.3 Å². The van der Waals surface area contributed by atoms with Gasteiger partial charge in [-0.05, 0) is 54.3 Å². The van der Waals surface area contributed by atoms with Gasteiger partial charge in [-0.25, -0.2) is 0 Å². The van der Waals surface area contributed by atoms with E-state index < -0.39 is 0 Å². The molecule has 24 heavy (non-hydrogen) atoms. The van der Waals surface area contributed by atoms with E-state index in [1.165, 1.54) is 5.56 Å². The summed E-state index contributed by atoms with van der Waals surface area (Å²) in [6, 6.07) is 14.8. The summed E-state index contributed by atoms with van der Waals surface area (Å²) in [6.07, 6.45) is 1.52. The third-order valence-corrected chi connectivity index (χ3v) is 4.10. The van der Waals surface area contributed by atoms with E-state index in [-0.39, 0.29) is 11.8 Å². The largest absolute Gasteiger partial charge is 0.326 e. The van der Waals surface area contributed by atoms with Gasteiger partial charge in [-0.2, -0.15) is 0 Å². The van der Waals surface area contributed by atoms with Crippen molar-refractivity contribution in [2.45, 2.75) is 39.5 Å². The number of hydrogen-bond acceptors (Lipinski definition) is 2. The number of rotatable bonds is 6. The number of carbonyl (C=O) groups is 2. The molecule has 2 N–H and O–H groups in total. The molecule has 2 aromatic rings. The molecule has 0 bridgehead atoms. The molecule has 4 heteroatoms. The molecule has 0 aliphatic carbocycles. The van der Waals surface area contributed by atoms with Crippen LogP contribution in [0.4, 0.5) is 11.4 Å². The van der Waals surface area contributed by atoms with Gasteiger partial charge in [-0.1, -0.05) is 32.9 Å². The zero-order valence-electron chi connectivity index (χ0n) is 14.4. The Morgan fingerprint density at radius 1 is 0.875 bits per heavy atom. The van der Waals surface area contributed by atoms with Crippen molar-refractivity contribution in [2.75, 3.05) is 10.6 Å². The maximum Gasteiger partial charge on any atom is 0.255 e. The summed E-state index contributed by atoms with van der Waals surface area (Å²) in [5.74, 6) is 0.300. The number of anilines is 2. The van der Waals surface area contributed by atoms with Gasteiger partial charge < -0.3 is 10.6 Å². The minimum atomic E-state index is -0.167. The van der Waals surface area contributed by atoms with Crippen LogP contribution in [0.5, 0.6) is 0 Å². The fourth-order valence-electron chi connectivity index (χ4n) is 2.29. The standard InChI is InChI=1S/C20H24N2O2/c1-4-14(3)15-6-10-18(11-7-15)22-20(24)16-8-12-17(13-9-16)21-19(23)5-2/h6-14H,4-5H2,1-3H3,(H,21,23)(H,22,24)/t14-/m0/s1. The molecule has 0 aromatic heterocycles. The van der Waals surface area contributed by atoms with Crippen molar-refractivity contribution in [3.63, 3.8) is 0 Å². The Balaban J connectivity index is 2.00. The molecule has 126 valence electrons. The minimum Gasteiger partial charge on any atom is -0.326 e. The summed E-state index contributed by atoms with van der Waals surface area (Å²) in [7, 11) is 0. The molecular weight excluding hydrogens is 300 g/mol. The zero-order chi connectivity index (χ0) is 17.5. The van der Waals surface area contributed by atoms with Gasteiger partial charge in [0.1, 0.15) is 0 Å². The molecule has 0 saturated heterocycles. The second-order valence-corrected chi connectivity index (χ2v) is 5.86. The van der Waals surface area contributed by atoms with E-state index in [0.717, 1.165) is 12.1 Å². The van der Waals surface area contributed by atoms with Crippen LogP contribution in [0, 0.1) is 0 Å². The van der Waals surface area contributed by atoms with Gasteiger partial charge in [-0.3, -0.25) is 9.59 Å². The molecule has 0 aliphatic heterocycles. The van der Waals surface area contributed by atoms with Gasteiger partial charge in [0.25, 0.3) is 5.91 Å². The lowest BCUT2D eigenvalue weighted by molar-refractivity contribution is -0.115. The van der Waals surface area contributed by atoms with Crippen molar-refractivity contribution in [2.24, 2.45) is 0 Å². The van der Waals surface area contributed by atoms with E-state index in [0.29, 0.717) is 23.6 Å². The van der Waals surface area contributed by atoms with Crippen LogP contribution in [0.3, 0.4) is 0 Å². The second-order valence-electron chi connectivity index (χ2n) is 5.86. The second kappa shape index (κ2) is 8.29. The monoisotopic (exact) mass is 324 g/mol. The summed E-state index contributed by atoms with van der Waals surface area (Å²) in [5, 5.41) is 5.65. The van der Waals surface area contributed by atoms with Gasteiger partial charge in [0.15, 0.2) is 0 Å². The number of benzene rings is 2. The fourth-order valence-corrected chi connectivity index (χ4v) is 2.29. The van der Waals surface area contributed by atoms with Crippen LogP contribution in [-0.4, -0.2) is 11.8 Å².